The lowest BCUT2D eigenvalue weighted by Crippen LogP contribution is -2.33. The van der Waals surface area contributed by atoms with Crippen molar-refractivity contribution in [1.82, 2.24) is 4.98 Å². The zero-order valence-electron chi connectivity index (χ0n) is 12.1. The lowest BCUT2D eigenvalue weighted by Gasteiger charge is -2.23. The van der Waals surface area contributed by atoms with Gasteiger partial charge in [0.25, 0.3) is 0 Å². The van der Waals surface area contributed by atoms with Gasteiger partial charge < -0.3 is 0 Å². The zero-order valence-corrected chi connectivity index (χ0v) is 13.0. The molecule has 0 unspecified atom stereocenters. The summed E-state index contributed by atoms with van der Waals surface area (Å²) in [6.07, 6.45) is 1.78. The second-order valence-electron chi connectivity index (χ2n) is 5.45. The fraction of sp³-hybridized carbons (Fsp3) is 0.294. The first kappa shape index (κ1) is 14.1. The van der Waals surface area contributed by atoms with E-state index in [1.807, 2.05) is 53.4 Å². The molecule has 1 aromatic carbocycles. The van der Waals surface area contributed by atoms with E-state index in [2.05, 4.69) is 18.8 Å². The van der Waals surface area contributed by atoms with Crippen LogP contribution in [0.4, 0.5) is 5.69 Å². The van der Waals surface area contributed by atoms with Gasteiger partial charge in [0.2, 0.25) is 5.91 Å². The van der Waals surface area contributed by atoms with Crippen molar-refractivity contribution in [2.75, 3.05) is 4.90 Å². The smallest absolute Gasteiger partial charge is 0.241 e. The van der Waals surface area contributed by atoms with E-state index in [0.717, 1.165) is 11.4 Å². The number of para-hydroxylation sites is 1. The van der Waals surface area contributed by atoms with Crippen molar-refractivity contribution in [3.8, 4) is 0 Å². The van der Waals surface area contributed by atoms with Gasteiger partial charge in [-0.25, -0.2) is 0 Å². The maximum atomic E-state index is 12.8. The summed E-state index contributed by atoms with van der Waals surface area (Å²) in [5.74, 6) is 0.485. The van der Waals surface area contributed by atoms with E-state index in [1.54, 1.807) is 18.0 Å². The molecule has 2 atom stereocenters. The minimum Gasteiger partial charge on any atom is -0.293 e. The zero-order chi connectivity index (χ0) is 14.8. The number of pyridine rings is 1. The Bertz CT molecular complexity index is 615. The highest BCUT2D eigenvalue weighted by Crippen LogP contribution is 2.46. The Morgan fingerprint density at radius 3 is 2.43 bits per heavy atom. The van der Waals surface area contributed by atoms with E-state index in [-0.39, 0.29) is 16.5 Å². The van der Waals surface area contributed by atoms with Crippen LogP contribution in [-0.4, -0.2) is 16.1 Å². The van der Waals surface area contributed by atoms with Gasteiger partial charge in [-0.2, -0.15) is 0 Å². The summed E-state index contributed by atoms with van der Waals surface area (Å²) in [5, 5.41) is -0.0642. The number of aromatic nitrogens is 1. The Labute approximate surface area is 129 Å². The topological polar surface area (TPSA) is 33.2 Å². The van der Waals surface area contributed by atoms with Crippen molar-refractivity contribution in [1.29, 1.82) is 0 Å². The predicted octanol–water partition coefficient (Wildman–Crippen LogP) is 3.88. The van der Waals surface area contributed by atoms with Gasteiger partial charge in [0.15, 0.2) is 0 Å². The van der Waals surface area contributed by atoms with Gasteiger partial charge in [-0.15, -0.1) is 11.8 Å². The molecule has 0 radical (unpaired) electrons. The number of carbonyl (C=O) groups is 1. The average molecular weight is 298 g/mol. The monoisotopic (exact) mass is 298 g/mol. The van der Waals surface area contributed by atoms with Crippen LogP contribution in [-0.2, 0) is 4.79 Å². The number of anilines is 1. The van der Waals surface area contributed by atoms with E-state index in [4.69, 9.17) is 0 Å². The van der Waals surface area contributed by atoms with Crippen LogP contribution >= 0.6 is 11.8 Å². The number of benzene rings is 1. The second kappa shape index (κ2) is 5.90. The van der Waals surface area contributed by atoms with Gasteiger partial charge in [0.05, 0.1) is 10.9 Å². The molecule has 0 spiro atoms. The molecule has 2 aromatic rings. The van der Waals surface area contributed by atoms with Crippen LogP contribution in [0, 0.1) is 5.92 Å². The molecule has 108 valence electrons. The number of thioether (sulfide) groups is 1. The molecule has 1 amide bonds. The van der Waals surface area contributed by atoms with Crippen LogP contribution < -0.4 is 4.90 Å². The first-order valence-electron chi connectivity index (χ1n) is 7.13. The van der Waals surface area contributed by atoms with Crippen molar-refractivity contribution < 1.29 is 4.79 Å². The molecule has 3 rings (SSSR count). The predicted molar refractivity (Wildman–Crippen MR) is 87.1 cm³/mol. The van der Waals surface area contributed by atoms with Crippen LogP contribution in [0.1, 0.15) is 24.9 Å². The molecule has 1 aliphatic rings. The molecule has 0 bridgehead atoms. The first-order valence-corrected chi connectivity index (χ1v) is 8.07. The summed E-state index contributed by atoms with van der Waals surface area (Å²) in [7, 11) is 0. The molecular weight excluding hydrogens is 280 g/mol. The third-order valence-corrected chi connectivity index (χ3v) is 5.32. The molecular formula is C17H18N2OS. The van der Waals surface area contributed by atoms with E-state index in [0.29, 0.717) is 5.92 Å². The van der Waals surface area contributed by atoms with Crippen LogP contribution in [0.5, 0.6) is 0 Å². The Hall–Kier alpha value is -1.81. The summed E-state index contributed by atoms with van der Waals surface area (Å²) >= 11 is 1.70. The molecule has 0 saturated carbocycles. The van der Waals surface area contributed by atoms with E-state index < -0.39 is 0 Å². The van der Waals surface area contributed by atoms with Crippen LogP contribution in [0.3, 0.4) is 0 Å². The van der Waals surface area contributed by atoms with Gasteiger partial charge in [-0.05, 0) is 30.2 Å². The third-order valence-electron chi connectivity index (χ3n) is 3.57. The van der Waals surface area contributed by atoms with Crippen LogP contribution in [0.25, 0.3) is 0 Å². The summed E-state index contributed by atoms with van der Waals surface area (Å²) in [5.41, 5.74) is 1.87. The van der Waals surface area contributed by atoms with Gasteiger partial charge in [-0.3, -0.25) is 14.7 Å². The fourth-order valence-corrected chi connectivity index (χ4v) is 3.98. The number of nitrogens with zero attached hydrogens (tertiary/aromatic N) is 2. The minimum atomic E-state index is -0.0477. The molecule has 3 nitrogen and oxygen atoms in total. The Balaban J connectivity index is 2.02. The lowest BCUT2D eigenvalue weighted by atomic mass is 10.1. The molecule has 21 heavy (non-hydrogen) atoms. The summed E-state index contributed by atoms with van der Waals surface area (Å²) in [6, 6.07) is 15.7. The highest BCUT2D eigenvalue weighted by molar-refractivity contribution is 8.01. The fourth-order valence-electron chi connectivity index (χ4n) is 2.53. The van der Waals surface area contributed by atoms with Crippen molar-refractivity contribution in [2.24, 2.45) is 5.92 Å². The van der Waals surface area contributed by atoms with Crippen molar-refractivity contribution >= 4 is 23.4 Å². The molecule has 1 aromatic heterocycles. The lowest BCUT2D eigenvalue weighted by molar-refractivity contribution is -0.118. The van der Waals surface area contributed by atoms with Gasteiger partial charge in [0, 0.05) is 11.9 Å². The number of carbonyl (C=O) groups excluding carboxylic acids is 1. The highest BCUT2D eigenvalue weighted by Gasteiger charge is 2.43. The summed E-state index contributed by atoms with van der Waals surface area (Å²) in [4.78, 5) is 19.1. The number of hydrogen-bond acceptors (Lipinski definition) is 3. The van der Waals surface area contributed by atoms with Gasteiger partial charge in [-0.1, -0.05) is 38.1 Å². The molecule has 0 aliphatic carbocycles. The SMILES string of the molecule is CC(C)[C@H]1S[C@@H](c2ccccn2)N(c2ccccc2)C1=O. The Kier molecular flexibility index (Phi) is 3.97. The van der Waals surface area contributed by atoms with Crippen LogP contribution in [0.15, 0.2) is 54.7 Å². The van der Waals surface area contributed by atoms with E-state index in [9.17, 15) is 4.79 Å². The molecule has 1 aliphatic heterocycles. The first-order chi connectivity index (χ1) is 10.2. The van der Waals surface area contributed by atoms with Crippen LogP contribution in [0.2, 0.25) is 0 Å². The van der Waals surface area contributed by atoms with E-state index in [1.165, 1.54) is 0 Å². The molecule has 1 fully saturated rings. The molecule has 2 heterocycles. The number of amides is 1. The molecule has 0 N–H and O–H groups in total. The van der Waals surface area contributed by atoms with Gasteiger partial charge >= 0.3 is 0 Å². The van der Waals surface area contributed by atoms with Crippen molar-refractivity contribution in [3.05, 3.63) is 60.4 Å². The second-order valence-corrected chi connectivity index (χ2v) is 6.68. The highest BCUT2D eigenvalue weighted by atomic mass is 32.2. The minimum absolute atomic E-state index is 0.0165. The van der Waals surface area contributed by atoms with E-state index >= 15 is 0 Å². The number of rotatable bonds is 3. The average Bonchev–Trinajstić information content (AvgIpc) is 2.87. The Morgan fingerprint density at radius 2 is 1.81 bits per heavy atom. The largest absolute Gasteiger partial charge is 0.293 e. The Morgan fingerprint density at radius 1 is 1.10 bits per heavy atom. The summed E-state index contributed by atoms with van der Waals surface area (Å²) < 4.78 is 0. The van der Waals surface area contributed by atoms with Crippen molar-refractivity contribution in [3.63, 3.8) is 0 Å². The summed E-state index contributed by atoms with van der Waals surface area (Å²) in [6.45, 7) is 4.19. The molecule has 4 heteroatoms. The standard InChI is InChI=1S/C17H18N2OS/c1-12(2)15-16(20)19(13-8-4-3-5-9-13)17(21-15)14-10-6-7-11-18-14/h3-12,15,17H,1-2H3/t15-,17+/m1/s1. The maximum absolute atomic E-state index is 12.8. The maximum Gasteiger partial charge on any atom is 0.241 e. The normalized spacial score (nSPS) is 22.0. The molecule has 1 saturated heterocycles. The third kappa shape index (κ3) is 2.68. The quantitative estimate of drug-likeness (QED) is 0.862. The van der Waals surface area contributed by atoms with Crippen molar-refractivity contribution in [2.45, 2.75) is 24.5 Å². The number of hydrogen-bond donors (Lipinski definition) is 0. The van der Waals surface area contributed by atoms with Gasteiger partial charge in [0.1, 0.15) is 5.37 Å².